The zero-order valence-corrected chi connectivity index (χ0v) is 26.9. The van der Waals surface area contributed by atoms with Crippen LogP contribution in [0.5, 0.6) is 0 Å². The Morgan fingerprint density at radius 1 is 0.729 bits per heavy atom. The first-order valence-corrected chi connectivity index (χ1v) is 17.6. The number of aromatic nitrogens is 3. The molecular formula is C44H29N3S. The molecule has 0 saturated carbocycles. The Kier molecular flexibility index (Phi) is 5.50. The molecule has 4 heteroatoms. The van der Waals surface area contributed by atoms with E-state index < -0.39 is 0 Å². The van der Waals surface area contributed by atoms with Gasteiger partial charge in [-0.2, -0.15) is 0 Å². The van der Waals surface area contributed by atoms with Gasteiger partial charge in [0.1, 0.15) is 0 Å². The minimum Gasteiger partial charge on any atom is -0.307 e. The molecule has 0 saturated heterocycles. The molecule has 3 aromatic heterocycles. The smallest absolute Gasteiger partial charge is 0.160 e. The maximum absolute atomic E-state index is 5.18. The number of benzene rings is 4. The highest BCUT2D eigenvalue weighted by Crippen LogP contribution is 2.59. The maximum Gasteiger partial charge on any atom is 0.160 e. The van der Waals surface area contributed by atoms with Crippen molar-refractivity contribution in [3.8, 4) is 39.6 Å². The molecule has 0 fully saturated rings. The highest BCUT2D eigenvalue weighted by atomic mass is 32.1. The quantitative estimate of drug-likeness (QED) is 0.194. The summed E-state index contributed by atoms with van der Waals surface area (Å²) in [6.45, 7) is 0. The largest absolute Gasteiger partial charge is 0.307 e. The lowest BCUT2D eigenvalue weighted by atomic mass is 9.66. The summed E-state index contributed by atoms with van der Waals surface area (Å²) in [6, 6.07) is 38.9. The molecule has 0 amide bonds. The van der Waals surface area contributed by atoms with Gasteiger partial charge in [0.15, 0.2) is 5.82 Å². The summed E-state index contributed by atoms with van der Waals surface area (Å²) in [5.74, 6) is 1.46. The number of nitrogens with zero attached hydrogens (tertiary/aromatic N) is 3. The van der Waals surface area contributed by atoms with Gasteiger partial charge in [0, 0.05) is 49.9 Å². The van der Waals surface area contributed by atoms with Crippen LogP contribution in [-0.4, -0.2) is 14.5 Å². The molecule has 226 valence electrons. The number of thiophene rings is 1. The summed E-state index contributed by atoms with van der Waals surface area (Å²) in [6.07, 6.45) is 14.4. The van der Waals surface area contributed by atoms with Crippen LogP contribution in [0, 0.1) is 5.92 Å². The number of allylic oxidation sites excluding steroid dienone is 7. The van der Waals surface area contributed by atoms with Crippen molar-refractivity contribution in [2.75, 3.05) is 0 Å². The van der Waals surface area contributed by atoms with Crippen molar-refractivity contribution in [2.45, 2.75) is 18.8 Å². The van der Waals surface area contributed by atoms with Crippen molar-refractivity contribution in [1.82, 2.24) is 14.5 Å². The Morgan fingerprint density at radius 3 is 2.27 bits per heavy atom. The van der Waals surface area contributed by atoms with E-state index in [4.69, 9.17) is 9.97 Å². The van der Waals surface area contributed by atoms with Crippen molar-refractivity contribution >= 4 is 44.1 Å². The summed E-state index contributed by atoms with van der Waals surface area (Å²) in [7, 11) is 0. The summed E-state index contributed by atoms with van der Waals surface area (Å²) in [5, 5.41) is 1.29. The van der Waals surface area contributed by atoms with Crippen LogP contribution in [0.3, 0.4) is 0 Å². The van der Waals surface area contributed by atoms with Crippen molar-refractivity contribution in [3.05, 3.63) is 161 Å². The molecule has 2 unspecified atom stereocenters. The van der Waals surface area contributed by atoms with E-state index in [0.717, 1.165) is 46.7 Å². The predicted molar refractivity (Wildman–Crippen MR) is 199 cm³/mol. The molecule has 11 rings (SSSR count). The summed E-state index contributed by atoms with van der Waals surface area (Å²) in [4.78, 5) is 11.8. The molecule has 1 aliphatic heterocycles. The highest BCUT2D eigenvalue weighted by molar-refractivity contribution is 7.21. The molecule has 4 aromatic carbocycles. The van der Waals surface area contributed by atoms with E-state index in [1.165, 1.54) is 54.0 Å². The van der Waals surface area contributed by atoms with Gasteiger partial charge in [-0.05, 0) is 48.3 Å². The number of para-hydroxylation sites is 1. The van der Waals surface area contributed by atoms with Crippen LogP contribution < -0.4 is 0 Å². The average Bonchev–Trinajstić information content (AvgIpc) is 3.65. The topological polar surface area (TPSA) is 30.7 Å². The third-order valence-electron chi connectivity index (χ3n) is 10.7. The fourth-order valence-corrected chi connectivity index (χ4v) is 9.83. The maximum atomic E-state index is 5.18. The van der Waals surface area contributed by atoms with Gasteiger partial charge in [-0.3, -0.25) is 0 Å². The van der Waals surface area contributed by atoms with Gasteiger partial charge in [-0.1, -0.05) is 121 Å². The molecule has 0 radical (unpaired) electrons. The molecule has 2 atom stereocenters. The number of hydrogen-bond donors (Lipinski definition) is 0. The van der Waals surface area contributed by atoms with Crippen molar-refractivity contribution < 1.29 is 0 Å². The molecule has 7 aromatic rings. The lowest BCUT2D eigenvalue weighted by Gasteiger charge is -2.37. The first-order valence-electron chi connectivity index (χ1n) is 16.8. The van der Waals surface area contributed by atoms with Gasteiger partial charge in [0.05, 0.1) is 32.8 Å². The Labute approximate surface area is 282 Å². The van der Waals surface area contributed by atoms with Gasteiger partial charge in [-0.25, -0.2) is 9.97 Å². The standard InChI is InChI=1S/C44H29N3S/c1-3-11-26(12-4-1)35-25-36(27-13-5-2-6-14-27)46-44(45-35)29-19-20-33-38(24-29)47-37-18-10-9-17-31(37)34-23-28-15-7-8-16-30(28)32-21-22-39-41(40(32)34)42(47)43(33)48-39/h1-7,9-15,17-25,32,40H,8,16H2. The average molecular weight is 632 g/mol. The normalized spacial score (nSPS) is 18.5. The van der Waals surface area contributed by atoms with Gasteiger partial charge in [0.25, 0.3) is 0 Å². The third kappa shape index (κ3) is 3.69. The first kappa shape index (κ1) is 26.5. The zero-order chi connectivity index (χ0) is 31.3. The van der Waals surface area contributed by atoms with E-state index in [9.17, 15) is 0 Å². The molecular weight excluding hydrogens is 603 g/mol. The second kappa shape index (κ2) is 9.96. The van der Waals surface area contributed by atoms with Crippen molar-refractivity contribution in [1.29, 1.82) is 0 Å². The third-order valence-corrected chi connectivity index (χ3v) is 11.8. The van der Waals surface area contributed by atoms with E-state index in [2.05, 4.69) is 132 Å². The van der Waals surface area contributed by atoms with E-state index in [1.54, 1.807) is 5.57 Å². The second-order valence-corrected chi connectivity index (χ2v) is 14.3. The Morgan fingerprint density at radius 2 is 1.48 bits per heavy atom. The summed E-state index contributed by atoms with van der Waals surface area (Å²) in [5.41, 5.74) is 16.2. The predicted octanol–water partition coefficient (Wildman–Crippen LogP) is 11.4. The van der Waals surface area contributed by atoms with Gasteiger partial charge in [-0.15, -0.1) is 11.3 Å². The van der Waals surface area contributed by atoms with Gasteiger partial charge < -0.3 is 4.57 Å². The molecule has 3 aliphatic carbocycles. The monoisotopic (exact) mass is 631 g/mol. The second-order valence-electron chi connectivity index (χ2n) is 13.2. The minimum atomic E-state index is 0.328. The van der Waals surface area contributed by atoms with E-state index in [0.29, 0.717) is 11.8 Å². The Bertz CT molecular complexity index is 2560. The van der Waals surface area contributed by atoms with Crippen LogP contribution >= 0.6 is 11.3 Å². The zero-order valence-electron chi connectivity index (χ0n) is 26.1. The number of fused-ring (bicyclic) bond motifs is 7. The molecule has 4 heterocycles. The van der Waals surface area contributed by atoms with Crippen LogP contribution in [0.15, 0.2) is 145 Å². The molecule has 4 aliphatic rings. The molecule has 3 nitrogen and oxygen atoms in total. The Hall–Kier alpha value is -5.58. The molecule has 0 spiro atoms. The van der Waals surface area contributed by atoms with E-state index >= 15 is 0 Å². The Balaban J connectivity index is 1.18. The minimum absolute atomic E-state index is 0.328. The van der Waals surface area contributed by atoms with Gasteiger partial charge in [0.2, 0.25) is 0 Å². The number of hydrogen-bond acceptors (Lipinski definition) is 3. The van der Waals surface area contributed by atoms with E-state index in [1.807, 2.05) is 23.5 Å². The van der Waals surface area contributed by atoms with Crippen LogP contribution in [0.4, 0.5) is 0 Å². The molecule has 0 bridgehead atoms. The van der Waals surface area contributed by atoms with Crippen molar-refractivity contribution in [2.24, 2.45) is 5.92 Å². The van der Waals surface area contributed by atoms with Crippen LogP contribution in [0.2, 0.25) is 0 Å². The molecule has 48 heavy (non-hydrogen) atoms. The van der Waals surface area contributed by atoms with Crippen LogP contribution in [0.1, 0.15) is 34.8 Å². The summed E-state index contributed by atoms with van der Waals surface area (Å²) >= 11 is 1.95. The van der Waals surface area contributed by atoms with Crippen LogP contribution in [-0.2, 0) is 0 Å². The first-order chi connectivity index (χ1) is 23.8. The fourth-order valence-electron chi connectivity index (χ4n) is 8.55. The lowest BCUT2D eigenvalue weighted by Crippen LogP contribution is -2.22. The number of rotatable bonds is 3. The van der Waals surface area contributed by atoms with Crippen molar-refractivity contribution in [3.63, 3.8) is 0 Å². The van der Waals surface area contributed by atoms with E-state index in [-0.39, 0.29) is 0 Å². The SMILES string of the molecule is C1=CC2=C(CC1)C1C=Cc3sc4c5ccc(-c6nc(-c7ccccc7)cc(-c7ccccc7)n6)cc5n5c4c3C1C(=C2)c1ccccc1-5. The molecule has 0 N–H and O–H groups in total. The fraction of sp³-hybridized carbons (Fsp3) is 0.0909. The van der Waals surface area contributed by atoms with Gasteiger partial charge >= 0.3 is 0 Å². The van der Waals surface area contributed by atoms with Crippen LogP contribution in [0.25, 0.3) is 72.4 Å². The lowest BCUT2D eigenvalue weighted by molar-refractivity contribution is 0.634. The highest BCUT2D eigenvalue weighted by Gasteiger charge is 2.42. The summed E-state index contributed by atoms with van der Waals surface area (Å²) < 4.78 is 3.93.